The SMILES string of the molecule is CC1CN(C(=O)CCCc2ccc3[nH]c(=O)[nH]c3c2)CCN1. The summed E-state index contributed by atoms with van der Waals surface area (Å²) in [6.45, 7) is 4.59. The number of aromatic amines is 2. The Morgan fingerprint density at radius 1 is 1.32 bits per heavy atom. The molecule has 6 nitrogen and oxygen atoms in total. The number of hydrogen-bond acceptors (Lipinski definition) is 3. The molecule has 3 rings (SSSR count). The number of nitrogens with zero attached hydrogens (tertiary/aromatic N) is 1. The van der Waals surface area contributed by atoms with Crippen molar-refractivity contribution in [3.05, 3.63) is 34.2 Å². The third-order valence-electron chi connectivity index (χ3n) is 4.16. The summed E-state index contributed by atoms with van der Waals surface area (Å²) in [6.07, 6.45) is 2.25. The van der Waals surface area contributed by atoms with Crippen LogP contribution in [-0.2, 0) is 11.2 Å². The lowest BCUT2D eigenvalue weighted by molar-refractivity contribution is -0.132. The standard InChI is InChI=1S/C16H22N4O2/c1-11-10-20(8-7-17-11)15(21)4-2-3-12-5-6-13-14(9-12)19-16(22)18-13/h5-6,9,11,17H,2-4,7-8,10H2,1H3,(H2,18,19,22). The van der Waals surface area contributed by atoms with Crippen molar-refractivity contribution in [1.82, 2.24) is 20.2 Å². The maximum absolute atomic E-state index is 12.2. The van der Waals surface area contributed by atoms with Crippen molar-refractivity contribution < 1.29 is 4.79 Å². The third kappa shape index (κ3) is 3.39. The van der Waals surface area contributed by atoms with E-state index >= 15 is 0 Å². The number of nitrogens with one attached hydrogen (secondary N) is 3. The van der Waals surface area contributed by atoms with Gasteiger partial charge in [0.25, 0.3) is 0 Å². The van der Waals surface area contributed by atoms with Crippen molar-refractivity contribution in [2.75, 3.05) is 19.6 Å². The minimum atomic E-state index is -0.185. The molecule has 1 aromatic heterocycles. The monoisotopic (exact) mass is 302 g/mol. The fourth-order valence-electron chi connectivity index (χ4n) is 3.00. The molecule has 0 spiro atoms. The first kappa shape index (κ1) is 14.8. The highest BCUT2D eigenvalue weighted by Crippen LogP contribution is 2.13. The number of amides is 1. The Morgan fingerprint density at radius 2 is 2.14 bits per heavy atom. The molecule has 6 heteroatoms. The number of imidazole rings is 1. The lowest BCUT2D eigenvalue weighted by Crippen LogP contribution is -2.51. The number of carbonyl (C=O) groups is 1. The van der Waals surface area contributed by atoms with Crippen LogP contribution in [0.15, 0.2) is 23.0 Å². The van der Waals surface area contributed by atoms with Gasteiger partial charge in [0.15, 0.2) is 0 Å². The molecule has 0 radical (unpaired) electrons. The Labute approximate surface area is 128 Å². The number of fused-ring (bicyclic) bond motifs is 1. The Bertz CT molecular complexity index is 718. The summed E-state index contributed by atoms with van der Waals surface area (Å²) in [5.41, 5.74) is 2.60. The van der Waals surface area contributed by atoms with Crippen LogP contribution in [-0.4, -0.2) is 46.5 Å². The predicted molar refractivity (Wildman–Crippen MR) is 85.9 cm³/mol. The number of aromatic nitrogens is 2. The third-order valence-corrected chi connectivity index (χ3v) is 4.16. The fourth-order valence-corrected chi connectivity index (χ4v) is 3.00. The van der Waals surface area contributed by atoms with E-state index in [2.05, 4.69) is 22.2 Å². The van der Waals surface area contributed by atoms with E-state index < -0.39 is 0 Å². The summed E-state index contributed by atoms with van der Waals surface area (Å²) < 4.78 is 0. The topological polar surface area (TPSA) is 81.0 Å². The molecule has 1 aliphatic rings. The molecule has 1 atom stereocenters. The van der Waals surface area contributed by atoms with Gasteiger partial charge < -0.3 is 20.2 Å². The molecule has 2 heterocycles. The van der Waals surface area contributed by atoms with E-state index in [4.69, 9.17) is 0 Å². The van der Waals surface area contributed by atoms with Gasteiger partial charge in [-0.2, -0.15) is 0 Å². The summed E-state index contributed by atoms with van der Waals surface area (Å²) in [6, 6.07) is 6.27. The van der Waals surface area contributed by atoms with E-state index in [9.17, 15) is 9.59 Å². The van der Waals surface area contributed by atoms with Gasteiger partial charge in [-0.3, -0.25) is 4.79 Å². The highest BCUT2D eigenvalue weighted by Gasteiger charge is 2.19. The lowest BCUT2D eigenvalue weighted by atomic mass is 10.1. The van der Waals surface area contributed by atoms with E-state index in [1.807, 2.05) is 23.1 Å². The molecule has 0 aliphatic carbocycles. The molecule has 1 aromatic carbocycles. The number of piperazine rings is 1. The molecule has 22 heavy (non-hydrogen) atoms. The maximum atomic E-state index is 12.2. The number of carbonyl (C=O) groups excluding carboxylic acids is 1. The van der Waals surface area contributed by atoms with E-state index in [0.717, 1.165) is 49.1 Å². The van der Waals surface area contributed by atoms with Crippen molar-refractivity contribution in [2.45, 2.75) is 32.2 Å². The van der Waals surface area contributed by atoms with Crippen LogP contribution in [0.25, 0.3) is 11.0 Å². The van der Waals surface area contributed by atoms with Crippen LogP contribution in [0.2, 0.25) is 0 Å². The molecular weight excluding hydrogens is 280 g/mol. The summed E-state index contributed by atoms with van der Waals surface area (Å²) >= 11 is 0. The van der Waals surface area contributed by atoms with Crippen LogP contribution in [0.4, 0.5) is 0 Å². The van der Waals surface area contributed by atoms with Crippen LogP contribution in [0.3, 0.4) is 0 Å². The van der Waals surface area contributed by atoms with Gasteiger partial charge in [0.2, 0.25) is 5.91 Å². The summed E-state index contributed by atoms with van der Waals surface area (Å²) in [7, 11) is 0. The Kier molecular flexibility index (Phi) is 4.29. The number of hydrogen-bond donors (Lipinski definition) is 3. The first-order chi connectivity index (χ1) is 10.6. The first-order valence-electron chi connectivity index (χ1n) is 7.84. The molecule has 118 valence electrons. The average molecular weight is 302 g/mol. The van der Waals surface area contributed by atoms with Gasteiger partial charge in [-0.15, -0.1) is 0 Å². The minimum Gasteiger partial charge on any atom is -0.340 e. The second kappa shape index (κ2) is 6.36. The fraction of sp³-hybridized carbons (Fsp3) is 0.500. The quantitative estimate of drug-likeness (QED) is 0.788. The molecule has 2 aromatic rings. The zero-order chi connectivity index (χ0) is 15.5. The number of rotatable bonds is 4. The van der Waals surface area contributed by atoms with E-state index in [-0.39, 0.29) is 11.6 Å². The van der Waals surface area contributed by atoms with Crippen molar-refractivity contribution in [3.63, 3.8) is 0 Å². The number of benzene rings is 1. The highest BCUT2D eigenvalue weighted by molar-refractivity contribution is 5.76. The van der Waals surface area contributed by atoms with Gasteiger partial charge >= 0.3 is 5.69 Å². The Balaban J connectivity index is 1.53. The van der Waals surface area contributed by atoms with Crippen molar-refractivity contribution in [3.8, 4) is 0 Å². The second-order valence-corrected chi connectivity index (χ2v) is 6.01. The molecule has 1 unspecified atom stereocenters. The normalized spacial score (nSPS) is 18.8. The van der Waals surface area contributed by atoms with Crippen LogP contribution < -0.4 is 11.0 Å². The van der Waals surface area contributed by atoms with Gasteiger partial charge in [0.1, 0.15) is 0 Å². The Morgan fingerprint density at radius 3 is 2.95 bits per heavy atom. The van der Waals surface area contributed by atoms with E-state index in [0.29, 0.717) is 12.5 Å². The lowest BCUT2D eigenvalue weighted by Gasteiger charge is -2.32. The van der Waals surface area contributed by atoms with Crippen molar-refractivity contribution in [2.24, 2.45) is 0 Å². The molecular formula is C16H22N4O2. The zero-order valence-corrected chi connectivity index (χ0v) is 12.8. The van der Waals surface area contributed by atoms with Gasteiger partial charge in [-0.1, -0.05) is 6.07 Å². The summed E-state index contributed by atoms with van der Waals surface area (Å²) in [5, 5.41) is 3.34. The Hall–Kier alpha value is -2.08. The van der Waals surface area contributed by atoms with E-state index in [1.165, 1.54) is 0 Å². The van der Waals surface area contributed by atoms with Gasteiger partial charge in [0, 0.05) is 32.1 Å². The van der Waals surface area contributed by atoms with Gasteiger partial charge in [-0.25, -0.2) is 4.79 Å². The predicted octanol–water partition coefficient (Wildman–Crippen LogP) is 0.999. The van der Waals surface area contributed by atoms with Crippen LogP contribution in [0.5, 0.6) is 0 Å². The highest BCUT2D eigenvalue weighted by atomic mass is 16.2. The van der Waals surface area contributed by atoms with Crippen molar-refractivity contribution in [1.29, 1.82) is 0 Å². The molecule has 1 amide bonds. The van der Waals surface area contributed by atoms with Crippen LogP contribution in [0, 0.1) is 0 Å². The van der Waals surface area contributed by atoms with Gasteiger partial charge in [0.05, 0.1) is 11.0 Å². The molecule has 0 saturated carbocycles. The largest absolute Gasteiger partial charge is 0.340 e. The molecule has 0 bridgehead atoms. The smallest absolute Gasteiger partial charge is 0.323 e. The van der Waals surface area contributed by atoms with Crippen LogP contribution in [0.1, 0.15) is 25.3 Å². The molecule has 1 saturated heterocycles. The van der Waals surface area contributed by atoms with Gasteiger partial charge in [-0.05, 0) is 37.5 Å². The summed E-state index contributed by atoms with van der Waals surface area (Å²) in [4.78, 5) is 30.9. The van der Waals surface area contributed by atoms with E-state index in [1.54, 1.807) is 0 Å². The molecule has 3 N–H and O–H groups in total. The first-order valence-corrected chi connectivity index (χ1v) is 7.84. The summed E-state index contributed by atoms with van der Waals surface area (Å²) in [5.74, 6) is 0.240. The van der Waals surface area contributed by atoms with Crippen LogP contribution >= 0.6 is 0 Å². The minimum absolute atomic E-state index is 0.185. The average Bonchev–Trinajstić information content (AvgIpc) is 2.86. The maximum Gasteiger partial charge on any atom is 0.323 e. The molecule has 1 aliphatic heterocycles. The number of aryl methyl sites for hydroxylation is 1. The van der Waals surface area contributed by atoms with Crippen molar-refractivity contribution >= 4 is 16.9 Å². The zero-order valence-electron chi connectivity index (χ0n) is 12.8. The second-order valence-electron chi connectivity index (χ2n) is 6.01. The number of H-pyrrole nitrogens is 2. The molecule has 1 fully saturated rings.